The summed E-state index contributed by atoms with van der Waals surface area (Å²) in [7, 11) is 0. The number of hydrogen-bond donors (Lipinski definition) is 1. The number of nitrogens with zero attached hydrogens (tertiary/aromatic N) is 3. The number of β-amino-alcohol motifs (C(OH)–C–C–N with tert-alkyl or cyclic N) is 1. The minimum atomic E-state index is -0.577. The molecule has 21 heavy (non-hydrogen) atoms. The molecule has 0 bridgehead atoms. The molecule has 112 valence electrons. The van der Waals surface area contributed by atoms with Crippen LogP contribution >= 0.6 is 0 Å². The Bertz CT molecular complexity index is 648. The quantitative estimate of drug-likeness (QED) is 0.905. The Morgan fingerprint density at radius 3 is 2.76 bits per heavy atom. The summed E-state index contributed by atoms with van der Waals surface area (Å²) in [5, 5.41) is 17.7. The van der Waals surface area contributed by atoms with Crippen LogP contribution in [0, 0.1) is 19.8 Å². The Kier molecular flexibility index (Phi) is 3.50. The maximum Gasteiger partial charge on any atom is 0.276 e. The minimum absolute atomic E-state index is 0.0608. The van der Waals surface area contributed by atoms with Crippen LogP contribution in [0.15, 0.2) is 21.2 Å². The van der Waals surface area contributed by atoms with E-state index in [4.69, 9.17) is 9.05 Å². The van der Waals surface area contributed by atoms with E-state index in [1.165, 1.54) is 0 Å². The normalized spacial score (nSPS) is 22.0. The minimum Gasteiger partial charge on any atom is -0.391 e. The SMILES string of the molecule is Cc1cc(C[C@@H]2CN(C(=O)c3cc(C)on3)C[C@H]2O)on1. The highest BCUT2D eigenvalue weighted by Gasteiger charge is 2.35. The first-order valence-corrected chi connectivity index (χ1v) is 6.86. The Morgan fingerprint density at radius 1 is 1.33 bits per heavy atom. The van der Waals surface area contributed by atoms with E-state index in [0.717, 1.165) is 11.5 Å². The van der Waals surface area contributed by atoms with Gasteiger partial charge in [0.2, 0.25) is 0 Å². The Hall–Kier alpha value is -2.15. The van der Waals surface area contributed by atoms with Gasteiger partial charge in [-0.1, -0.05) is 10.3 Å². The highest BCUT2D eigenvalue weighted by molar-refractivity contribution is 5.92. The molecular formula is C14H17N3O4. The standard InChI is InChI=1S/C14H17N3O4/c1-8-3-11(21-15-8)5-10-6-17(7-13(10)18)14(19)12-4-9(2)20-16-12/h3-4,10,13,18H,5-7H2,1-2H3/t10-,13-/m1/s1. The largest absolute Gasteiger partial charge is 0.391 e. The van der Waals surface area contributed by atoms with Crippen LogP contribution in [-0.2, 0) is 6.42 Å². The second-order valence-corrected chi connectivity index (χ2v) is 5.50. The molecule has 1 amide bonds. The van der Waals surface area contributed by atoms with Gasteiger partial charge in [-0.05, 0) is 13.8 Å². The van der Waals surface area contributed by atoms with Crippen LogP contribution in [0.4, 0.5) is 0 Å². The van der Waals surface area contributed by atoms with Gasteiger partial charge in [0.05, 0.1) is 11.8 Å². The van der Waals surface area contributed by atoms with E-state index in [1.54, 1.807) is 17.9 Å². The zero-order chi connectivity index (χ0) is 15.0. The number of likely N-dealkylation sites (tertiary alicyclic amines) is 1. The molecule has 3 heterocycles. The number of rotatable bonds is 3. The number of aryl methyl sites for hydroxylation is 2. The van der Waals surface area contributed by atoms with Crippen molar-refractivity contribution in [1.82, 2.24) is 15.2 Å². The molecule has 0 radical (unpaired) electrons. The summed E-state index contributed by atoms with van der Waals surface area (Å²) in [5.41, 5.74) is 1.08. The summed E-state index contributed by atoms with van der Waals surface area (Å²) in [6.45, 7) is 4.34. The lowest BCUT2D eigenvalue weighted by atomic mass is 10.0. The lowest BCUT2D eigenvalue weighted by molar-refractivity contribution is 0.0754. The van der Waals surface area contributed by atoms with Crippen LogP contribution in [0.5, 0.6) is 0 Å². The highest BCUT2D eigenvalue weighted by atomic mass is 16.5. The van der Waals surface area contributed by atoms with E-state index < -0.39 is 6.10 Å². The Morgan fingerprint density at radius 2 is 2.14 bits per heavy atom. The number of hydrogen-bond acceptors (Lipinski definition) is 6. The molecule has 1 aliphatic heterocycles. The zero-order valence-corrected chi connectivity index (χ0v) is 11.9. The number of amides is 1. The smallest absolute Gasteiger partial charge is 0.276 e. The molecule has 0 saturated carbocycles. The number of aliphatic hydroxyl groups excluding tert-OH is 1. The maximum atomic E-state index is 12.3. The lowest BCUT2D eigenvalue weighted by Crippen LogP contribution is -2.29. The molecule has 1 N–H and O–H groups in total. The fourth-order valence-electron chi connectivity index (χ4n) is 2.62. The van der Waals surface area contributed by atoms with Crippen molar-refractivity contribution >= 4 is 5.91 Å². The molecule has 1 aliphatic rings. The van der Waals surface area contributed by atoms with Crippen molar-refractivity contribution < 1.29 is 18.9 Å². The van der Waals surface area contributed by atoms with Crippen LogP contribution in [0.2, 0.25) is 0 Å². The molecule has 0 aromatic carbocycles. The molecule has 0 unspecified atom stereocenters. The number of carbonyl (C=O) groups excluding carboxylic acids is 1. The Labute approximate surface area is 121 Å². The molecule has 1 fully saturated rings. The molecule has 2 aromatic heterocycles. The van der Waals surface area contributed by atoms with E-state index in [-0.39, 0.29) is 17.5 Å². The van der Waals surface area contributed by atoms with E-state index in [9.17, 15) is 9.90 Å². The molecular weight excluding hydrogens is 274 g/mol. The van der Waals surface area contributed by atoms with E-state index in [1.807, 2.05) is 13.0 Å². The van der Waals surface area contributed by atoms with E-state index >= 15 is 0 Å². The van der Waals surface area contributed by atoms with Crippen LogP contribution in [0.25, 0.3) is 0 Å². The van der Waals surface area contributed by atoms with Gasteiger partial charge in [-0.15, -0.1) is 0 Å². The monoisotopic (exact) mass is 291 g/mol. The van der Waals surface area contributed by atoms with Crippen molar-refractivity contribution in [2.45, 2.75) is 26.4 Å². The molecule has 0 spiro atoms. The average molecular weight is 291 g/mol. The summed E-state index contributed by atoms with van der Waals surface area (Å²) in [6.07, 6.45) is -0.0174. The van der Waals surface area contributed by atoms with Crippen LogP contribution in [0.1, 0.15) is 27.7 Å². The molecule has 7 nitrogen and oxygen atoms in total. The van der Waals surface area contributed by atoms with Crippen LogP contribution in [0.3, 0.4) is 0 Å². The molecule has 7 heteroatoms. The number of carbonyl (C=O) groups is 1. The molecule has 3 rings (SSSR count). The molecule has 1 saturated heterocycles. The van der Waals surface area contributed by atoms with Gasteiger partial charge in [-0.25, -0.2) is 0 Å². The predicted molar refractivity (Wildman–Crippen MR) is 71.6 cm³/mol. The van der Waals surface area contributed by atoms with Gasteiger partial charge in [0, 0.05) is 37.6 Å². The summed E-state index contributed by atoms with van der Waals surface area (Å²) in [6, 6.07) is 3.44. The van der Waals surface area contributed by atoms with Crippen molar-refractivity contribution in [3.63, 3.8) is 0 Å². The Balaban J connectivity index is 1.66. The fraction of sp³-hybridized carbons (Fsp3) is 0.500. The van der Waals surface area contributed by atoms with Gasteiger partial charge in [0.15, 0.2) is 5.69 Å². The maximum absolute atomic E-state index is 12.3. The summed E-state index contributed by atoms with van der Waals surface area (Å²) in [5.74, 6) is 1.03. The topological polar surface area (TPSA) is 92.6 Å². The first-order valence-electron chi connectivity index (χ1n) is 6.86. The van der Waals surface area contributed by atoms with Crippen LogP contribution in [-0.4, -0.2) is 45.4 Å². The lowest BCUT2D eigenvalue weighted by Gasteiger charge is -2.13. The molecule has 0 aliphatic carbocycles. The van der Waals surface area contributed by atoms with Crippen molar-refractivity contribution in [2.24, 2.45) is 5.92 Å². The van der Waals surface area contributed by atoms with Gasteiger partial charge in [-0.2, -0.15) is 0 Å². The highest BCUT2D eigenvalue weighted by Crippen LogP contribution is 2.23. The van der Waals surface area contributed by atoms with E-state index in [0.29, 0.717) is 25.3 Å². The second kappa shape index (κ2) is 5.33. The van der Waals surface area contributed by atoms with Crippen molar-refractivity contribution in [3.05, 3.63) is 35.0 Å². The van der Waals surface area contributed by atoms with Gasteiger partial charge in [0.25, 0.3) is 5.91 Å². The van der Waals surface area contributed by atoms with Gasteiger partial charge in [0.1, 0.15) is 11.5 Å². The second-order valence-electron chi connectivity index (χ2n) is 5.50. The third-order valence-electron chi connectivity index (χ3n) is 3.68. The van der Waals surface area contributed by atoms with Gasteiger partial charge < -0.3 is 19.1 Å². The molecule has 2 atom stereocenters. The fourth-order valence-corrected chi connectivity index (χ4v) is 2.62. The van der Waals surface area contributed by atoms with Crippen molar-refractivity contribution in [1.29, 1.82) is 0 Å². The van der Waals surface area contributed by atoms with Crippen LogP contribution < -0.4 is 0 Å². The number of aromatic nitrogens is 2. The first-order chi connectivity index (χ1) is 10.0. The van der Waals surface area contributed by atoms with Crippen molar-refractivity contribution in [3.8, 4) is 0 Å². The van der Waals surface area contributed by atoms with E-state index in [2.05, 4.69) is 10.3 Å². The summed E-state index contributed by atoms with van der Waals surface area (Å²) < 4.78 is 10.1. The van der Waals surface area contributed by atoms with Crippen molar-refractivity contribution in [2.75, 3.05) is 13.1 Å². The third kappa shape index (κ3) is 2.82. The number of aliphatic hydroxyl groups is 1. The summed E-state index contributed by atoms with van der Waals surface area (Å²) in [4.78, 5) is 13.9. The molecule has 2 aromatic rings. The summed E-state index contributed by atoms with van der Waals surface area (Å²) >= 11 is 0. The third-order valence-corrected chi connectivity index (χ3v) is 3.68. The predicted octanol–water partition coefficient (Wildman–Crippen LogP) is 0.955. The first kappa shape index (κ1) is 13.8. The average Bonchev–Trinajstić information content (AvgIpc) is 3.12. The van der Waals surface area contributed by atoms with Gasteiger partial charge >= 0.3 is 0 Å². The zero-order valence-electron chi connectivity index (χ0n) is 11.9. The van der Waals surface area contributed by atoms with Gasteiger partial charge in [-0.3, -0.25) is 4.79 Å².